The molecule has 0 saturated heterocycles. The summed E-state index contributed by atoms with van der Waals surface area (Å²) in [6.07, 6.45) is 13.4. The van der Waals surface area contributed by atoms with Gasteiger partial charge in [-0.05, 0) is 62.4 Å². The van der Waals surface area contributed by atoms with Crippen molar-refractivity contribution in [3.63, 3.8) is 0 Å². The van der Waals surface area contributed by atoms with E-state index in [2.05, 4.69) is 26.2 Å². The Labute approximate surface area is 114 Å². The van der Waals surface area contributed by atoms with Gasteiger partial charge in [-0.25, -0.2) is 0 Å². The van der Waals surface area contributed by atoms with Gasteiger partial charge in [0.05, 0.1) is 0 Å². The lowest BCUT2D eigenvalue weighted by Gasteiger charge is -2.42. The normalized spacial score (nSPS) is 33.5. The molecule has 2 atom stereocenters. The lowest BCUT2D eigenvalue weighted by Crippen LogP contribution is -2.36. The van der Waals surface area contributed by atoms with Gasteiger partial charge in [0.15, 0.2) is 0 Å². The average molecular weight is 251 g/mol. The van der Waals surface area contributed by atoms with Crippen LogP contribution in [0.5, 0.6) is 0 Å². The second-order valence-electron chi connectivity index (χ2n) is 7.72. The van der Waals surface area contributed by atoms with E-state index in [1.165, 1.54) is 64.3 Å². The van der Waals surface area contributed by atoms with Gasteiger partial charge in [-0.2, -0.15) is 0 Å². The molecule has 0 radical (unpaired) electrons. The molecule has 0 aromatic rings. The summed E-state index contributed by atoms with van der Waals surface area (Å²) < 4.78 is 0. The minimum absolute atomic E-state index is 0.601. The first kappa shape index (κ1) is 14.4. The smallest absolute Gasteiger partial charge is 0.00209 e. The molecule has 2 fully saturated rings. The van der Waals surface area contributed by atoms with E-state index in [1.807, 2.05) is 0 Å². The second-order valence-corrected chi connectivity index (χ2v) is 7.72. The van der Waals surface area contributed by atoms with Crippen molar-refractivity contribution in [2.75, 3.05) is 13.6 Å². The molecule has 0 bridgehead atoms. The van der Waals surface area contributed by atoms with Crippen LogP contribution in [0.15, 0.2) is 0 Å². The van der Waals surface area contributed by atoms with E-state index in [4.69, 9.17) is 0 Å². The van der Waals surface area contributed by atoms with Crippen molar-refractivity contribution in [1.29, 1.82) is 0 Å². The van der Waals surface area contributed by atoms with Gasteiger partial charge < -0.3 is 5.32 Å². The zero-order valence-corrected chi connectivity index (χ0v) is 12.8. The quantitative estimate of drug-likeness (QED) is 0.769. The van der Waals surface area contributed by atoms with Crippen LogP contribution in [-0.4, -0.2) is 13.6 Å². The van der Waals surface area contributed by atoms with Crippen molar-refractivity contribution >= 4 is 0 Å². The van der Waals surface area contributed by atoms with E-state index in [1.54, 1.807) is 0 Å². The SMILES string of the molecule is CNCC1CCC(C)(C)CC1CC1CCCCC1. The molecule has 0 spiro atoms. The molecule has 0 aromatic heterocycles. The van der Waals surface area contributed by atoms with E-state index in [0.29, 0.717) is 5.41 Å². The molecule has 1 N–H and O–H groups in total. The van der Waals surface area contributed by atoms with Crippen LogP contribution in [0.25, 0.3) is 0 Å². The molecule has 2 unspecified atom stereocenters. The van der Waals surface area contributed by atoms with Crippen molar-refractivity contribution in [2.24, 2.45) is 23.2 Å². The van der Waals surface area contributed by atoms with Crippen LogP contribution in [-0.2, 0) is 0 Å². The van der Waals surface area contributed by atoms with Crippen LogP contribution in [0.2, 0.25) is 0 Å². The summed E-state index contributed by atoms with van der Waals surface area (Å²) in [6, 6.07) is 0. The zero-order valence-electron chi connectivity index (χ0n) is 12.8. The van der Waals surface area contributed by atoms with Gasteiger partial charge in [-0.15, -0.1) is 0 Å². The van der Waals surface area contributed by atoms with Gasteiger partial charge >= 0.3 is 0 Å². The zero-order chi connectivity index (χ0) is 13.0. The van der Waals surface area contributed by atoms with E-state index < -0.39 is 0 Å². The summed E-state index contributed by atoms with van der Waals surface area (Å²) in [7, 11) is 2.12. The van der Waals surface area contributed by atoms with Gasteiger partial charge in [0.1, 0.15) is 0 Å². The third kappa shape index (κ3) is 3.98. The van der Waals surface area contributed by atoms with Crippen LogP contribution in [0.4, 0.5) is 0 Å². The van der Waals surface area contributed by atoms with E-state index >= 15 is 0 Å². The molecule has 2 aliphatic carbocycles. The van der Waals surface area contributed by atoms with Crippen molar-refractivity contribution < 1.29 is 0 Å². The highest BCUT2D eigenvalue weighted by Gasteiger charge is 2.35. The minimum Gasteiger partial charge on any atom is -0.319 e. The van der Waals surface area contributed by atoms with Crippen molar-refractivity contribution in [1.82, 2.24) is 5.32 Å². The molecule has 1 heteroatoms. The van der Waals surface area contributed by atoms with Crippen molar-refractivity contribution in [3.8, 4) is 0 Å². The van der Waals surface area contributed by atoms with Crippen molar-refractivity contribution in [3.05, 3.63) is 0 Å². The summed E-state index contributed by atoms with van der Waals surface area (Å²) in [6.45, 7) is 6.21. The lowest BCUT2D eigenvalue weighted by molar-refractivity contribution is 0.0916. The van der Waals surface area contributed by atoms with E-state index in [9.17, 15) is 0 Å². The average Bonchev–Trinajstić information content (AvgIpc) is 2.34. The summed E-state index contributed by atoms with van der Waals surface area (Å²) in [4.78, 5) is 0. The van der Waals surface area contributed by atoms with Crippen LogP contribution in [0, 0.1) is 23.2 Å². The Kier molecular flexibility index (Phi) is 5.12. The maximum Gasteiger partial charge on any atom is -0.00209 e. The summed E-state index contributed by atoms with van der Waals surface area (Å²) in [5.74, 6) is 2.99. The fourth-order valence-electron chi connectivity index (χ4n) is 4.45. The first-order valence-electron chi connectivity index (χ1n) is 8.25. The summed E-state index contributed by atoms with van der Waals surface area (Å²) in [5.41, 5.74) is 0.601. The molecule has 1 nitrogen and oxygen atoms in total. The first-order valence-corrected chi connectivity index (χ1v) is 8.25. The topological polar surface area (TPSA) is 12.0 Å². The molecule has 2 aliphatic rings. The Morgan fingerprint density at radius 1 is 1.00 bits per heavy atom. The molecular formula is C17H33N. The molecule has 0 amide bonds. The Bertz CT molecular complexity index is 240. The largest absolute Gasteiger partial charge is 0.319 e. The lowest BCUT2D eigenvalue weighted by atomic mass is 9.64. The number of hydrogen-bond donors (Lipinski definition) is 1. The number of nitrogens with one attached hydrogen (secondary N) is 1. The van der Waals surface area contributed by atoms with Gasteiger partial charge in [0.2, 0.25) is 0 Å². The molecular weight excluding hydrogens is 218 g/mol. The molecule has 0 aliphatic heterocycles. The third-order valence-electron chi connectivity index (χ3n) is 5.50. The maximum atomic E-state index is 3.43. The van der Waals surface area contributed by atoms with E-state index in [-0.39, 0.29) is 0 Å². The number of rotatable bonds is 4. The predicted molar refractivity (Wildman–Crippen MR) is 79.7 cm³/mol. The standard InChI is InChI=1S/C17H33N/c1-17(2)10-9-15(13-18-3)16(12-17)11-14-7-5-4-6-8-14/h14-16,18H,4-13H2,1-3H3. The molecule has 0 aromatic carbocycles. The summed E-state index contributed by atoms with van der Waals surface area (Å²) in [5, 5.41) is 3.43. The van der Waals surface area contributed by atoms with E-state index in [0.717, 1.165) is 17.8 Å². The van der Waals surface area contributed by atoms with Gasteiger partial charge in [-0.1, -0.05) is 46.0 Å². The Hall–Kier alpha value is -0.0400. The first-order chi connectivity index (χ1) is 8.61. The van der Waals surface area contributed by atoms with Crippen LogP contribution in [0.1, 0.15) is 71.6 Å². The minimum atomic E-state index is 0.601. The molecule has 18 heavy (non-hydrogen) atoms. The molecule has 2 rings (SSSR count). The summed E-state index contributed by atoms with van der Waals surface area (Å²) >= 11 is 0. The predicted octanol–water partition coefficient (Wildman–Crippen LogP) is 4.62. The third-order valence-corrected chi connectivity index (χ3v) is 5.50. The van der Waals surface area contributed by atoms with Gasteiger partial charge in [-0.3, -0.25) is 0 Å². The molecule has 106 valence electrons. The monoisotopic (exact) mass is 251 g/mol. The second kappa shape index (κ2) is 6.41. The highest BCUT2D eigenvalue weighted by molar-refractivity contribution is 4.87. The van der Waals surface area contributed by atoms with Crippen LogP contribution >= 0.6 is 0 Å². The fourth-order valence-corrected chi connectivity index (χ4v) is 4.45. The van der Waals surface area contributed by atoms with Crippen LogP contribution < -0.4 is 5.32 Å². The fraction of sp³-hybridized carbons (Fsp3) is 1.00. The highest BCUT2D eigenvalue weighted by Crippen LogP contribution is 2.45. The van der Waals surface area contributed by atoms with Gasteiger partial charge in [0, 0.05) is 0 Å². The Morgan fingerprint density at radius 3 is 2.39 bits per heavy atom. The van der Waals surface area contributed by atoms with Crippen LogP contribution in [0.3, 0.4) is 0 Å². The Balaban J connectivity index is 1.91. The molecule has 2 saturated carbocycles. The van der Waals surface area contributed by atoms with Gasteiger partial charge in [0.25, 0.3) is 0 Å². The maximum absolute atomic E-state index is 3.43. The highest BCUT2D eigenvalue weighted by atomic mass is 14.8. The van der Waals surface area contributed by atoms with Crippen molar-refractivity contribution in [2.45, 2.75) is 71.6 Å². The molecule has 0 heterocycles. The Morgan fingerprint density at radius 2 is 1.72 bits per heavy atom. The number of hydrogen-bond acceptors (Lipinski definition) is 1.